The van der Waals surface area contributed by atoms with Crippen molar-refractivity contribution in [1.82, 2.24) is 10.6 Å². The Morgan fingerprint density at radius 2 is 1.70 bits per heavy atom. The van der Waals surface area contributed by atoms with Crippen molar-refractivity contribution in [2.24, 2.45) is 0 Å². The average molecular weight is 270 g/mol. The highest BCUT2D eigenvalue weighted by atomic mass is 16.5. The summed E-state index contributed by atoms with van der Waals surface area (Å²) in [6.45, 7) is 0.160. The summed E-state index contributed by atoms with van der Waals surface area (Å²) >= 11 is 0. The Morgan fingerprint density at radius 3 is 2.25 bits per heavy atom. The van der Waals surface area contributed by atoms with Crippen LogP contribution in [-0.4, -0.2) is 24.5 Å². The lowest BCUT2D eigenvalue weighted by Crippen LogP contribution is -2.51. The quantitative estimate of drug-likeness (QED) is 0.474. The van der Waals surface area contributed by atoms with E-state index in [1.807, 2.05) is 10.6 Å². The first-order chi connectivity index (χ1) is 9.60. The first-order valence-electron chi connectivity index (χ1n) is 5.65. The molecule has 1 saturated heterocycles. The Hall–Kier alpha value is -3.07. The van der Waals surface area contributed by atoms with Crippen LogP contribution in [0.4, 0.5) is 4.79 Å². The SMILES string of the molecule is C#CCOc1ccc(C=C2C(=O)NC(=O)NC2=O)cc1. The van der Waals surface area contributed by atoms with E-state index in [4.69, 9.17) is 11.2 Å². The average Bonchev–Trinajstić information content (AvgIpc) is 2.42. The molecule has 0 radical (unpaired) electrons. The van der Waals surface area contributed by atoms with Crippen LogP contribution in [-0.2, 0) is 9.59 Å². The van der Waals surface area contributed by atoms with Gasteiger partial charge in [0.05, 0.1) is 0 Å². The summed E-state index contributed by atoms with van der Waals surface area (Å²) in [6.07, 6.45) is 6.45. The molecule has 6 nitrogen and oxygen atoms in total. The summed E-state index contributed by atoms with van der Waals surface area (Å²) in [6, 6.07) is 5.82. The summed E-state index contributed by atoms with van der Waals surface area (Å²) < 4.78 is 5.20. The first kappa shape index (κ1) is 13.4. The number of imide groups is 2. The molecule has 1 aliphatic rings. The minimum absolute atomic E-state index is 0.137. The monoisotopic (exact) mass is 270 g/mol. The number of barbiturate groups is 1. The molecular formula is C14H10N2O4. The topological polar surface area (TPSA) is 84.5 Å². The van der Waals surface area contributed by atoms with E-state index >= 15 is 0 Å². The maximum Gasteiger partial charge on any atom is 0.328 e. The first-order valence-corrected chi connectivity index (χ1v) is 5.65. The highest BCUT2D eigenvalue weighted by Crippen LogP contribution is 2.15. The van der Waals surface area contributed by atoms with Crippen molar-refractivity contribution in [3.63, 3.8) is 0 Å². The minimum atomic E-state index is -0.824. The Morgan fingerprint density at radius 1 is 1.10 bits per heavy atom. The van der Waals surface area contributed by atoms with Crippen molar-refractivity contribution in [2.45, 2.75) is 0 Å². The summed E-state index contributed by atoms with van der Waals surface area (Å²) in [4.78, 5) is 33.9. The number of carbonyl (C=O) groups is 3. The van der Waals surface area contributed by atoms with Crippen LogP contribution in [0.15, 0.2) is 29.8 Å². The minimum Gasteiger partial charge on any atom is -0.481 e. The Balaban J connectivity index is 2.18. The van der Waals surface area contributed by atoms with Crippen LogP contribution in [0.25, 0.3) is 6.08 Å². The molecule has 2 rings (SSSR count). The summed E-state index contributed by atoms with van der Waals surface area (Å²) in [7, 11) is 0. The molecule has 0 unspecified atom stereocenters. The van der Waals surface area contributed by atoms with Gasteiger partial charge in [-0.3, -0.25) is 20.2 Å². The molecule has 1 aromatic rings. The fourth-order valence-electron chi connectivity index (χ4n) is 1.56. The van der Waals surface area contributed by atoms with E-state index in [2.05, 4.69) is 5.92 Å². The molecule has 0 aromatic heterocycles. The van der Waals surface area contributed by atoms with E-state index in [0.29, 0.717) is 11.3 Å². The van der Waals surface area contributed by atoms with Gasteiger partial charge in [0.25, 0.3) is 11.8 Å². The zero-order chi connectivity index (χ0) is 14.5. The third-order valence-electron chi connectivity index (χ3n) is 2.46. The lowest BCUT2D eigenvalue weighted by atomic mass is 10.1. The molecule has 0 aliphatic carbocycles. The van der Waals surface area contributed by atoms with Crippen LogP contribution < -0.4 is 15.4 Å². The second kappa shape index (κ2) is 5.71. The third kappa shape index (κ3) is 3.03. The van der Waals surface area contributed by atoms with Gasteiger partial charge in [-0.15, -0.1) is 6.42 Å². The molecule has 6 heteroatoms. The standard InChI is InChI=1S/C14H10N2O4/c1-2-7-20-10-5-3-9(4-6-10)8-11-12(17)15-14(19)16-13(11)18/h1,3-6,8H,7H2,(H2,15,16,17,18,19). The van der Waals surface area contributed by atoms with Crippen molar-refractivity contribution in [2.75, 3.05) is 6.61 Å². The van der Waals surface area contributed by atoms with Crippen molar-refractivity contribution < 1.29 is 19.1 Å². The molecule has 0 spiro atoms. The van der Waals surface area contributed by atoms with E-state index in [0.717, 1.165) is 0 Å². The van der Waals surface area contributed by atoms with E-state index in [1.165, 1.54) is 6.08 Å². The molecule has 0 atom stereocenters. The van der Waals surface area contributed by atoms with Gasteiger partial charge in [-0.25, -0.2) is 4.79 Å². The number of hydrogen-bond acceptors (Lipinski definition) is 4. The van der Waals surface area contributed by atoms with Gasteiger partial charge in [-0.2, -0.15) is 0 Å². The van der Waals surface area contributed by atoms with Gasteiger partial charge < -0.3 is 4.74 Å². The van der Waals surface area contributed by atoms with Gasteiger partial charge in [-0.05, 0) is 23.8 Å². The van der Waals surface area contributed by atoms with Crippen LogP contribution in [0.1, 0.15) is 5.56 Å². The van der Waals surface area contributed by atoms with Gasteiger partial charge in [0, 0.05) is 0 Å². The number of nitrogens with one attached hydrogen (secondary N) is 2. The van der Waals surface area contributed by atoms with Crippen LogP contribution in [0.2, 0.25) is 0 Å². The Bertz CT molecular complexity index is 616. The molecule has 20 heavy (non-hydrogen) atoms. The van der Waals surface area contributed by atoms with Gasteiger partial charge in [0.2, 0.25) is 0 Å². The van der Waals surface area contributed by atoms with Crippen LogP contribution in [0.5, 0.6) is 5.75 Å². The Kier molecular flexibility index (Phi) is 3.82. The second-order valence-corrected chi connectivity index (χ2v) is 3.86. The van der Waals surface area contributed by atoms with Gasteiger partial charge in [-0.1, -0.05) is 18.1 Å². The Labute approximate surface area is 114 Å². The summed E-state index contributed by atoms with van der Waals surface area (Å²) in [5.41, 5.74) is 0.481. The molecule has 1 aliphatic heterocycles. The molecule has 1 aromatic carbocycles. The molecule has 1 fully saturated rings. The van der Waals surface area contributed by atoms with Gasteiger partial charge in [0.15, 0.2) is 0 Å². The molecule has 100 valence electrons. The number of urea groups is 1. The highest BCUT2D eigenvalue weighted by Gasteiger charge is 2.27. The van der Waals surface area contributed by atoms with E-state index < -0.39 is 17.8 Å². The van der Waals surface area contributed by atoms with E-state index in [9.17, 15) is 14.4 Å². The number of ether oxygens (including phenoxy) is 1. The maximum atomic E-state index is 11.5. The van der Waals surface area contributed by atoms with E-state index in [-0.39, 0.29) is 12.2 Å². The van der Waals surface area contributed by atoms with Crippen LogP contribution in [0, 0.1) is 12.3 Å². The van der Waals surface area contributed by atoms with Crippen LogP contribution >= 0.6 is 0 Å². The molecule has 1 heterocycles. The third-order valence-corrected chi connectivity index (χ3v) is 2.46. The number of rotatable bonds is 3. The van der Waals surface area contributed by atoms with Crippen molar-refractivity contribution in [3.05, 3.63) is 35.4 Å². The molecular weight excluding hydrogens is 260 g/mol. The highest BCUT2D eigenvalue weighted by molar-refractivity contribution is 6.31. The van der Waals surface area contributed by atoms with Crippen molar-refractivity contribution in [3.8, 4) is 18.1 Å². The largest absolute Gasteiger partial charge is 0.481 e. The zero-order valence-electron chi connectivity index (χ0n) is 10.3. The molecule has 4 amide bonds. The smallest absolute Gasteiger partial charge is 0.328 e. The second-order valence-electron chi connectivity index (χ2n) is 3.86. The number of hydrogen-bond donors (Lipinski definition) is 2. The number of amides is 4. The number of terminal acetylenes is 1. The number of benzene rings is 1. The summed E-state index contributed by atoms with van der Waals surface area (Å²) in [5, 5.41) is 3.99. The molecule has 0 bridgehead atoms. The predicted molar refractivity (Wildman–Crippen MR) is 70.4 cm³/mol. The lowest BCUT2D eigenvalue weighted by Gasteiger charge is -2.13. The normalized spacial score (nSPS) is 14.2. The predicted octanol–water partition coefficient (Wildman–Crippen LogP) is 0.448. The lowest BCUT2D eigenvalue weighted by molar-refractivity contribution is -0.123. The van der Waals surface area contributed by atoms with E-state index in [1.54, 1.807) is 24.3 Å². The fourth-order valence-corrected chi connectivity index (χ4v) is 1.56. The van der Waals surface area contributed by atoms with Crippen LogP contribution in [0.3, 0.4) is 0 Å². The summed E-state index contributed by atoms with van der Waals surface area (Å²) in [5.74, 6) is 1.46. The number of carbonyl (C=O) groups excluding carboxylic acids is 3. The van der Waals surface area contributed by atoms with Gasteiger partial charge in [0.1, 0.15) is 17.9 Å². The molecule has 2 N–H and O–H groups in total. The zero-order valence-corrected chi connectivity index (χ0v) is 10.3. The molecule has 0 saturated carbocycles. The van der Waals surface area contributed by atoms with Gasteiger partial charge >= 0.3 is 6.03 Å². The fraction of sp³-hybridized carbons (Fsp3) is 0.0714. The van der Waals surface area contributed by atoms with Crippen molar-refractivity contribution in [1.29, 1.82) is 0 Å². The maximum absolute atomic E-state index is 11.5. The van der Waals surface area contributed by atoms with Crippen molar-refractivity contribution >= 4 is 23.9 Å².